The second-order valence-corrected chi connectivity index (χ2v) is 5.68. The first-order chi connectivity index (χ1) is 8.70. The Morgan fingerprint density at radius 1 is 1.50 bits per heavy atom. The molecule has 1 aromatic carbocycles. The van der Waals surface area contributed by atoms with E-state index in [-0.39, 0.29) is 5.82 Å². The van der Waals surface area contributed by atoms with Gasteiger partial charge in [0.05, 0.1) is 4.47 Å². The van der Waals surface area contributed by atoms with Crippen molar-refractivity contribution in [3.63, 3.8) is 0 Å². The second kappa shape index (κ2) is 6.64. The smallest absolute Gasteiger partial charge is 0.137 e. The van der Waals surface area contributed by atoms with Crippen LogP contribution in [0.15, 0.2) is 22.7 Å². The summed E-state index contributed by atoms with van der Waals surface area (Å²) in [5.41, 5.74) is 0.986. The van der Waals surface area contributed by atoms with E-state index in [0.717, 1.165) is 31.1 Å². The zero-order valence-electron chi connectivity index (χ0n) is 10.8. The van der Waals surface area contributed by atoms with E-state index in [4.69, 9.17) is 0 Å². The fraction of sp³-hybridized carbons (Fsp3) is 0.571. The van der Waals surface area contributed by atoms with Crippen LogP contribution in [0.3, 0.4) is 0 Å². The molecule has 1 saturated heterocycles. The summed E-state index contributed by atoms with van der Waals surface area (Å²) in [6.45, 7) is 7.49. The molecule has 2 nitrogen and oxygen atoms in total. The van der Waals surface area contributed by atoms with Gasteiger partial charge in [0.25, 0.3) is 0 Å². The molecule has 1 N–H and O–H groups in total. The van der Waals surface area contributed by atoms with Crippen molar-refractivity contribution in [2.45, 2.75) is 19.9 Å². The Balaban J connectivity index is 1.77. The van der Waals surface area contributed by atoms with Gasteiger partial charge in [-0.15, -0.1) is 0 Å². The molecule has 0 spiro atoms. The average molecular weight is 315 g/mol. The first-order valence-electron chi connectivity index (χ1n) is 6.56. The molecule has 0 saturated carbocycles. The van der Waals surface area contributed by atoms with Gasteiger partial charge in [-0.05, 0) is 59.5 Å². The number of hydrogen-bond acceptors (Lipinski definition) is 2. The lowest BCUT2D eigenvalue weighted by Crippen LogP contribution is -2.26. The van der Waals surface area contributed by atoms with E-state index in [2.05, 4.69) is 33.1 Å². The predicted octanol–water partition coefficient (Wildman–Crippen LogP) is 3.02. The van der Waals surface area contributed by atoms with Gasteiger partial charge in [-0.25, -0.2) is 4.39 Å². The molecule has 0 amide bonds. The molecule has 1 atom stereocenters. The van der Waals surface area contributed by atoms with Crippen LogP contribution in [0.1, 0.15) is 18.9 Å². The molecule has 18 heavy (non-hydrogen) atoms. The first-order valence-corrected chi connectivity index (χ1v) is 7.36. The van der Waals surface area contributed by atoms with Crippen molar-refractivity contribution >= 4 is 15.9 Å². The minimum absolute atomic E-state index is 0.188. The lowest BCUT2D eigenvalue weighted by atomic mass is 10.1. The third-order valence-corrected chi connectivity index (χ3v) is 4.49. The number of benzene rings is 1. The van der Waals surface area contributed by atoms with E-state index in [0.29, 0.717) is 4.47 Å². The van der Waals surface area contributed by atoms with Crippen LogP contribution in [-0.4, -0.2) is 31.1 Å². The first kappa shape index (κ1) is 14.0. The summed E-state index contributed by atoms with van der Waals surface area (Å²) in [7, 11) is 0. The standard InChI is InChI=1S/C14H20BrFN2/c1-2-18-7-6-11(10-18)8-17-9-12-4-3-5-13(16)14(12)15/h3-5,11,17H,2,6-10H2,1H3. The maximum atomic E-state index is 13.3. The summed E-state index contributed by atoms with van der Waals surface area (Å²) in [5, 5.41) is 3.43. The van der Waals surface area contributed by atoms with Crippen molar-refractivity contribution in [2.24, 2.45) is 5.92 Å². The molecule has 1 heterocycles. The largest absolute Gasteiger partial charge is 0.312 e. The molecule has 1 fully saturated rings. The van der Waals surface area contributed by atoms with Crippen molar-refractivity contribution < 1.29 is 4.39 Å². The Morgan fingerprint density at radius 3 is 3.06 bits per heavy atom. The minimum atomic E-state index is -0.188. The van der Waals surface area contributed by atoms with Crippen LogP contribution in [0, 0.1) is 11.7 Å². The van der Waals surface area contributed by atoms with Gasteiger partial charge in [0.15, 0.2) is 0 Å². The summed E-state index contributed by atoms with van der Waals surface area (Å²) in [4.78, 5) is 2.48. The summed E-state index contributed by atoms with van der Waals surface area (Å²) < 4.78 is 13.9. The molecule has 1 aliphatic heterocycles. The molecule has 1 unspecified atom stereocenters. The van der Waals surface area contributed by atoms with Crippen LogP contribution in [0.5, 0.6) is 0 Å². The molecule has 0 aliphatic carbocycles. The van der Waals surface area contributed by atoms with Crippen LogP contribution in [-0.2, 0) is 6.54 Å². The number of likely N-dealkylation sites (tertiary alicyclic amines) is 1. The molecule has 0 radical (unpaired) electrons. The highest BCUT2D eigenvalue weighted by Crippen LogP contribution is 2.20. The minimum Gasteiger partial charge on any atom is -0.312 e. The van der Waals surface area contributed by atoms with Crippen molar-refractivity contribution in [1.82, 2.24) is 10.2 Å². The summed E-state index contributed by atoms with van der Waals surface area (Å²) in [5.74, 6) is 0.546. The topological polar surface area (TPSA) is 15.3 Å². The predicted molar refractivity (Wildman–Crippen MR) is 76.0 cm³/mol. The van der Waals surface area contributed by atoms with Crippen molar-refractivity contribution in [3.8, 4) is 0 Å². The van der Waals surface area contributed by atoms with E-state index in [1.807, 2.05) is 6.07 Å². The lowest BCUT2D eigenvalue weighted by Gasteiger charge is -2.14. The fourth-order valence-electron chi connectivity index (χ4n) is 2.46. The van der Waals surface area contributed by atoms with Gasteiger partial charge in [-0.3, -0.25) is 0 Å². The second-order valence-electron chi connectivity index (χ2n) is 4.89. The van der Waals surface area contributed by atoms with Gasteiger partial charge in [0.2, 0.25) is 0 Å². The molecular formula is C14H20BrFN2. The quantitative estimate of drug-likeness (QED) is 0.898. The molecular weight excluding hydrogens is 295 g/mol. The molecule has 0 aromatic heterocycles. The molecule has 1 aliphatic rings. The third-order valence-electron chi connectivity index (χ3n) is 3.60. The van der Waals surface area contributed by atoms with Gasteiger partial charge >= 0.3 is 0 Å². The molecule has 2 rings (SSSR count). The SMILES string of the molecule is CCN1CCC(CNCc2cccc(F)c2Br)C1. The number of nitrogens with zero attached hydrogens (tertiary/aromatic N) is 1. The van der Waals surface area contributed by atoms with Crippen LogP contribution in [0.2, 0.25) is 0 Å². The normalized spacial score (nSPS) is 20.5. The molecule has 4 heteroatoms. The Hall–Kier alpha value is -0.450. The maximum Gasteiger partial charge on any atom is 0.137 e. The van der Waals surface area contributed by atoms with Gasteiger partial charge in [0.1, 0.15) is 5.82 Å². The number of hydrogen-bond donors (Lipinski definition) is 1. The number of halogens is 2. The van der Waals surface area contributed by atoms with E-state index < -0.39 is 0 Å². The van der Waals surface area contributed by atoms with E-state index in [1.165, 1.54) is 25.6 Å². The average Bonchev–Trinajstić information content (AvgIpc) is 2.82. The third kappa shape index (κ3) is 3.53. The van der Waals surface area contributed by atoms with Crippen LogP contribution in [0.25, 0.3) is 0 Å². The van der Waals surface area contributed by atoms with E-state index in [1.54, 1.807) is 6.07 Å². The van der Waals surface area contributed by atoms with E-state index in [9.17, 15) is 4.39 Å². The highest BCUT2D eigenvalue weighted by Gasteiger charge is 2.20. The Bertz CT molecular complexity index is 397. The van der Waals surface area contributed by atoms with Gasteiger partial charge < -0.3 is 10.2 Å². The van der Waals surface area contributed by atoms with Crippen molar-refractivity contribution in [2.75, 3.05) is 26.2 Å². The highest BCUT2D eigenvalue weighted by molar-refractivity contribution is 9.10. The van der Waals surface area contributed by atoms with Gasteiger partial charge in [-0.1, -0.05) is 19.1 Å². The zero-order chi connectivity index (χ0) is 13.0. The molecule has 100 valence electrons. The maximum absolute atomic E-state index is 13.3. The van der Waals surface area contributed by atoms with E-state index >= 15 is 0 Å². The fourth-order valence-corrected chi connectivity index (χ4v) is 2.87. The number of rotatable bonds is 5. The Kier molecular flexibility index (Phi) is 5.15. The highest BCUT2D eigenvalue weighted by atomic mass is 79.9. The lowest BCUT2D eigenvalue weighted by molar-refractivity contribution is 0.339. The molecule has 0 bridgehead atoms. The summed E-state index contributed by atoms with van der Waals surface area (Å²) >= 11 is 3.29. The van der Waals surface area contributed by atoms with Gasteiger partial charge in [-0.2, -0.15) is 0 Å². The van der Waals surface area contributed by atoms with Crippen molar-refractivity contribution in [3.05, 3.63) is 34.1 Å². The van der Waals surface area contributed by atoms with Crippen molar-refractivity contribution in [1.29, 1.82) is 0 Å². The zero-order valence-corrected chi connectivity index (χ0v) is 12.3. The van der Waals surface area contributed by atoms with Gasteiger partial charge in [0, 0.05) is 13.1 Å². The van der Waals surface area contributed by atoms with Crippen LogP contribution < -0.4 is 5.32 Å². The Morgan fingerprint density at radius 2 is 2.33 bits per heavy atom. The monoisotopic (exact) mass is 314 g/mol. The summed E-state index contributed by atoms with van der Waals surface area (Å²) in [6.07, 6.45) is 1.27. The Labute approximate surface area is 117 Å². The number of nitrogens with one attached hydrogen (secondary N) is 1. The molecule has 1 aromatic rings. The van der Waals surface area contributed by atoms with Crippen LogP contribution in [0.4, 0.5) is 4.39 Å². The summed E-state index contributed by atoms with van der Waals surface area (Å²) in [6, 6.07) is 5.18. The van der Waals surface area contributed by atoms with Crippen LogP contribution >= 0.6 is 15.9 Å².